The number of fused-ring (bicyclic) bond motifs is 1. The van der Waals surface area contributed by atoms with Crippen molar-refractivity contribution < 1.29 is 13.2 Å². The van der Waals surface area contributed by atoms with E-state index in [1.165, 1.54) is 15.6 Å². The van der Waals surface area contributed by atoms with Crippen LogP contribution in [-0.4, -0.2) is 43.2 Å². The van der Waals surface area contributed by atoms with E-state index in [4.69, 9.17) is 0 Å². The van der Waals surface area contributed by atoms with Gasteiger partial charge in [0, 0.05) is 48.6 Å². The summed E-state index contributed by atoms with van der Waals surface area (Å²) in [6.45, 7) is 1.21. The molecular formula is C26H27N3O3S2. The van der Waals surface area contributed by atoms with Gasteiger partial charge in [0.15, 0.2) is 0 Å². The molecule has 176 valence electrons. The van der Waals surface area contributed by atoms with Gasteiger partial charge >= 0.3 is 0 Å². The first kappa shape index (κ1) is 22.8. The Hall–Kier alpha value is -2.94. The number of sulfonamides is 1. The Bertz CT molecular complexity index is 1360. The van der Waals surface area contributed by atoms with Gasteiger partial charge in [0.05, 0.1) is 0 Å². The molecule has 2 aromatic carbocycles. The molecule has 0 spiro atoms. The third-order valence-electron chi connectivity index (χ3n) is 6.59. The lowest BCUT2D eigenvalue weighted by atomic mass is 9.90. The number of nitrogens with one attached hydrogen (secondary N) is 2. The second kappa shape index (κ2) is 9.74. The molecular weight excluding hydrogens is 466 g/mol. The van der Waals surface area contributed by atoms with Crippen LogP contribution < -0.4 is 5.32 Å². The third kappa shape index (κ3) is 4.53. The van der Waals surface area contributed by atoms with Crippen LogP contribution in [0.3, 0.4) is 0 Å². The first-order chi connectivity index (χ1) is 16.5. The molecule has 3 heterocycles. The standard InChI is InChI=1S/C26H27N3O3S2/c30-26(20-12-14-29(15-13-20)34(31,32)25-11-6-16-33-25)28-17-22(19-7-2-1-3-8-19)23-18-27-24-10-5-4-9-21(23)24/h1-11,16,18,20,22,27H,12-15,17H2,(H,28,30). The van der Waals surface area contributed by atoms with Crippen LogP contribution in [0.15, 0.2) is 82.5 Å². The van der Waals surface area contributed by atoms with Crippen LogP contribution >= 0.6 is 11.3 Å². The molecule has 6 nitrogen and oxygen atoms in total. The van der Waals surface area contributed by atoms with Crippen molar-refractivity contribution in [3.8, 4) is 0 Å². The van der Waals surface area contributed by atoms with Crippen LogP contribution in [0.1, 0.15) is 29.9 Å². The number of hydrogen-bond acceptors (Lipinski definition) is 4. The van der Waals surface area contributed by atoms with Gasteiger partial charge in [-0.1, -0.05) is 54.6 Å². The van der Waals surface area contributed by atoms with Gasteiger partial charge in [-0.05, 0) is 41.5 Å². The molecule has 2 N–H and O–H groups in total. The van der Waals surface area contributed by atoms with Gasteiger partial charge in [-0.2, -0.15) is 4.31 Å². The van der Waals surface area contributed by atoms with E-state index in [0.29, 0.717) is 36.7 Å². The molecule has 0 saturated carbocycles. The van der Waals surface area contributed by atoms with Gasteiger partial charge in [-0.3, -0.25) is 4.79 Å². The number of aromatic nitrogens is 1. The SMILES string of the molecule is O=C(NCC(c1ccccc1)c1c[nH]c2ccccc12)C1CCN(S(=O)(=O)c2cccs2)CC1. The number of benzene rings is 2. The van der Waals surface area contributed by atoms with Crippen molar-refractivity contribution in [1.82, 2.24) is 14.6 Å². The summed E-state index contributed by atoms with van der Waals surface area (Å²) >= 11 is 1.23. The highest BCUT2D eigenvalue weighted by Crippen LogP contribution is 2.31. The van der Waals surface area contributed by atoms with Crippen LogP contribution in [0.4, 0.5) is 0 Å². The van der Waals surface area contributed by atoms with Crippen LogP contribution in [0.2, 0.25) is 0 Å². The van der Waals surface area contributed by atoms with Gasteiger partial charge in [-0.25, -0.2) is 8.42 Å². The number of nitrogens with zero attached hydrogens (tertiary/aromatic N) is 1. The van der Waals surface area contributed by atoms with Crippen molar-refractivity contribution in [3.05, 3.63) is 89.4 Å². The van der Waals surface area contributed by atoms with Crippen molar-refractivity contribution in [2.45, 2.75) is 23.0 Å². The molecule has 8 heteroatoms. The molecule has 1 amide bonds. The molecule has 0 bridgehead atoms. The van der Waals surface area contributed by atoms with E-state index >= 15 is 0 Å². The smallest absolute Gasteiger partial charge is 0.252 e. The summed E-state index contributed by atoms with van der Waals surface area (Å²) in [5.74, 6) is -0.177. The average Bonchev–Trinajstić information content (AvgIpc) is 3.56. The van der Waals surface area contributed by atoms with Crippen LogP contribution in [0.25, 0.3) is 10.9 Å². The molecule has 1 fully saturated rings. The number of carbonyl (C=O) groups is 1. The van der Waals surface area contributed by atoms with Crippen molar-refractivity contribution in [2.24, 2.45) is 5.92 Å². The van der Waals surface area contributed by atoms with Gasteiger partial charge in [0.2, 0.25) is 5.91 Å². The fraction of sp³-hybridized carbons (Fsp3) is 0.269. The van der Waals surface area contributed by atoms with E-state index in [1.54, 1.807) is 17.5 Å². The largest absolute Gasteiger partial charge is 0.361 e. The number of amides is 1. The predicted octanol–water partition coefficient (Wildman–Crippen LogP) is 4.58. The number of rotatable bonds is 7. The third-order valence-corrected chi connectivity index (χ3v) is 9.86. The van der Waals surface area contributed by atoms with Crippen molar-refractivity contribution in [1.29, 1.82) is 0 Å². The summed E-state index contributed by atoms with van der Waals surface area (Å²) in [7, 11) is -3.46. The number of carbonyl (C=O) groups excluding carboxylic acids is 1. The summed E-state index contributed by atoms with van der Waals surface area (Å²) in [4.78, 5) is 16.4. The average molecular weight is 494 g/mol. The molecule has 1 atom stereocenters. The minimum atomic E-state index is -3.46. The lowest BCUT2D eigenvalue weighted by Gasteiger charge is -2.30. The van der Waals surface area contributed by atoms with Gasteiger partial charge in [0.1, 0.15) is 4.21 Å². The Morgan fingerprint density at radius 2 is 1.76 bits per heavy atom. The minimum Gasteiger partial charge on any atom is -0.361 e. The zero-order valence-corrected chi connectivity index (χ0v) is 20.3. The number of para-hydroxylation sites is 1. The molecule has 2 aromatic heterocycles. The van der Waals surface area contributed by atoms with Crippen molar-refractivity contribution in [2.75, 3.05) is 19.6 Å². The zero-order chi connectivity index (χ0) is 23.5. The highest BCUT2D eigenvalue weighted by Gasteiger charge is 2.33. The zero-order valence-electron chi connectivity index (χ0n) is 18.7. The topological polar surface area (TPSA) is 82.3 Å². The van der Waals surface area contributed by atoms with E-state index in [-0.39, 0.29) is 17.7 Å². The van der Waals surface area contributed by atoms with E-state index < -0.39 is 10.0 Å². The second-order valence-corrected chi connectivity index (χ2v) is 11.7. The second-order valence-electron chi connectivity index (χ2n) is 8.61. The maximum absolute atomic E-state index is 13.1. The quantitative estimate of drug-likeness (QED) is 0.395. The van der Waals surface area contributed by atoms with Crippen LogP contribution in [0.5, 0.6) is 0 Å². The number of piperidine rings is 1. The maximum atomic E-state index is 13.1. The van der Waals surface area contributed by atoms with Gasteiger partial charge < -0.3 is 10.3 Å². The van der Waals surface area contributed by atoms with Crippen molar-refractivity contribution in [3.63, 3.8) is 0 Å². The normalized spacial score (nSPS) is 16.5. The van der Waals surface area contributed by atoms with Crippen LogP contribution in [0, 0.1) is 5.92 Å². The van der Waals surface area contributed by atoms with E-state index in [9.17, 15) is 13.2 Å². The summed E-state index contributed by atoms with van der Waals surface area (Å²) < 4.78 is 27.4. The molecule has 0 radical (unpaired) electrons. The summed E-state index contributed by atoms with van der Waals surface area (Å²) in [5, 5.41) is 6.08. The van der Waals surface area contributed by atoms with Gasteiger partial charge in [0.25, 0.3) is 10.0 Å². The fourth-order valence-electron chi connectivity index (χ4n) is 4.72. The van der Waals surface area contributed by atoms with E-state index in [2.05, 4.69) is 34.6 Å². The summed E-state index contributed by atoms with van der Waals surface area (Å²) in [6.07, 6.45) is 3.08. The molecule has 34 heavy (non-hydrogen) atoms. The molecule has 5 rings (SSSR count). The minimum absolute atomic E-state index is 0.00561. The Morgan fingerprint density at radius 3 is 2.50 bits per heavy atom. The number of thiophene rings is 1. The highest BCUT2D eigenvalue weighted by molar-refractivity contribution is 7.91. The molecule has 1 aliphatic rings. The summed E-state index contributed by atoms with van der Waals surface area (Å²) in [6, 6.07) is 21.8. The van der Waals surface area contributed by atoms with E-state index in [1.807, 2.05) is 36.5 Å². The molecule has 1 unspecified atom stereocenters. The fourth-order valence-corrected chi connectivity index (χ4v) is 7.33. The highest BCUT2D eigenvalue weighted by atomic mass is 32.2. The molecule has 1 saturated heterocycles. The molecule has 1 aliphatic heterocycles. The summed E-state index contributed by atoms with van der Waals surface area (Å²) in [5.41, 5.74) is 3.37. The monoisotopic (exact) mass is 493 g/mol. The number of H-pyrrole nitrogens is 1. The number of hydrogen-bond donors (Lipinski definition) is 2. The lowest BCUT2D eigenvalue weighted by molar-refractivity contribution is -0.126. The maximum Gasteiger partial charge on any atom is 0.252 e. The molecule has 0 aliphatic carbocycles. The van der Waals surface area contributed by atoms with Crippen LogP contribution in [-0.2, 0) is 14.8 Å². The Labute approximate surface area is 203 Å². The first-order valence-electron chi connectivity index (χ1n) is 11.5. The molecule has 4 aromatic rings. The van der Waals surface area contributed by atoms with E-state index in [0.717, 1.165) is 22.0 Å². The number of aromatic amines is 1. The van der Waals surface area contributed by atoms with Crippen molar-refractivity contribution >= 4 is 38.2 Å². The lowest BCUT2D eigenvalue weighted by Crippen LogP contribution is -2.43. The van der Waals surface area contributed by atoms with Gasteiger partial charge in [-0.15, -0.1) is 11.3 Å². The first-order valence-corrected chi connectivity index (χ1v) is 13.8. The predicted molar refractivity (Wildman–Crippen MR) is 135 cm³/mol. The Kier molecular flexibility index (Phi) is 6.54. The Balaban J connectivity index is 1.27. The Morgan fingerprint density at radius 1 is 1.03 bits per heavy atom.